The predicted octanol–water partition coefficient (Wildman–Crippen LogP) is 5.75. The number of carbonyl (C=O) groups excluding carboxylic acids is 1. The Labute approximate surface area is 178 Å². The van der Waals surface area contributed by atoms with Crippen LogP contribution in [0.4, 0.5) is 21.9 Å². The molecule has 0 spiro atoms. The lowest BCUT2D eigenvalue weighted by molar-refractivity contribution is 0.262. The molecule has 0 unspecified atom stereocenters. The second-order valence-corrected chi connectivity index (χ2v) is 8.73. The number of urea groups is 1. The van der Waals surface area contributed by atoms with Gasteiger partial charge < -0.3 is 10.6 Å². The van der Waals surface area contributed by atoms with Gasteiger partial charge in [0, 0.05) is 27.1 Å². The summed E-state index contributed by atoms with van der Waals surface area (Å²) >= 11 is 11.6. The minimum atomic E-state index is -3.84. The van der Waals surface area contributed by atoms with Crippen LogP contribution < -0.4 is 15.4 Å². The van der Waals surface area contributed by atoms with E-state index in [0.29, 0.717) is 32.7 Å². The van der Waals surface area contributed by atoms with Crippen molar-refractivity contribution < 1.29 is 13.2 Å². The maximum absolute atomic E-state index is 12.7. The Morgan fingerprint density at radius 2 is 1.34 bits per heavy atom. The van der Waals surface area contributed by atoms with E-state index in [9.17, 15) is 13.2 Å². The highest BCUT2D eigenvalue weighted by Gasteiger charge is 2.16. The molecule has 2 amide bonds. The number of sulfonamides is 1. The zero-order valence-electron chi connectivity index (χ0n) is 15.2. The molecule has 6 nitrogen and oxygen atoms in total. The first kappa shape index (κ1) is 21.0. The molecule has 0 atom stereocenters. The van der Waals surface area contributed by atoms with E-state index in [-0.39, 0.29) is 4.90 Å². The van der Waals surface area contributed by atoms with E-state index in [2.05, 4.69) is 15.4 Å². The number of halogens is 2. The number of rotatable bonds is 5. The van der Waals surface area contributed by atoms with E-state index in [1.807, 2.05) is 0 Å². The van der Waals surface area contributed by atoms with E-state index in [4.69, 9.17) is 23.2 Å². The summed E-state index contributed by atoms with van der Waals surface area (Å²) in [5, 5.41) is 6.38. The van der Waals surface area contributed by atoms with Crippen LogP contribution in [0.5, 0.6) is 0 Å². The molecule has 29 heavy (non-hydrogen) atoms. The molecule has 3 rings (SSSR count). The molecule has 150 valence electrons. The van der Waals surface area contributed by atoms with Crippen molar-refractivity contribution in [3.8, 4) is 0 Å². The Balaban J connectivity index is 1.77. The van der Waals surface area contributed by atoms with E-state index < -0.39 is 16.1 Å². The first-order valence-corrected chi connectivity index (χ1v) is 10.7. The molecular formula is C20H17Cl2N3O3S. The number of benzene rings is 3. The molecule has 0 aromatic heterocycles. The van der Waals surface area contributed by atoms with Gasteiger partial charge in [-0.15, -0.1) is 0 Å². The lowest BCUT2D eigenvalue weighted by Gasteiger charge is -2.13. The van der Waals surface area contributed by atoms with Crippen LogP contribution in [0.25, 0.3) is 0 Å². The molecule has 0 aliphatic carbocycles. The fourth-order valence-electron chi connectivity index (χ4n) is 2.45. The van der Waals surface area contributed by atoms with Gasteiger partial charge in [0.2, 0.25) is 0 Å². The van der Waals surface area contributed by atoms with Crippen molar-refractivity contribution in [3.63, 3.8) is 0 Å². The van der Waals surface area contributed by atoms with E-state index in [0.717, 1.165) is 0 Å². The number of anilines is 3. The van der Waals surface area contributed by atoms with Gasteiger partial charge in [0.1, 0.15) is 0 Å². The third-order valence-corrected chi connectivity index (χ3v) is 5.85. The predicted molar refractivity (Wildman–Crippen MR) is 118 cm³/mol. The van der Waals surface area contributed by atoms with Crippen molar-refractivity contribution in [3.05, 3.63) is 82.3 Å². The van der Waals surface area contributed by atoms with Crippen molar-refractivity contribution in [2.75, 3.05) is 15.4 Å². The molecular weight excluding hydrogens is 433 g/mol. The summed E-state index contributed by atoms with van der Waals surface area (Å²) in [6.07, 6.45) is 0. The van der Waals surface area contributed by atoms with Crippen LogP contribution in [0, 0.1) is 6.92 Å². The summed E-state index contributed by atoms with van der Waals surface area (Å²) in [6, 6.07) is 16.9. The summed E-state index contributed by atoms with van der Waals surface area (Å²) in [4.78, 5) is 12.3. The van der Waals surface area contributed by atoms with Gasteiger partial charge in [0.25, 0.3) is 10.0 Å². The van der Waals surface area contributed by atoms with E-state index in [1.54, 1.807) is 61.5 Å². The van der Waals surface area contributed by atoms with Gasteiger partial charge in [-0.1, -0.05) is 29.3 Å². The minimum absolute atomic E-state index is 0.0137. The van der Waals surface area contributed by atoms with Crippen LogP contribution in [0.2, 0.25) is 10.0 Å². The van der Waals surface area contributed by atoms with Crippen LogP contribution in [-0.4, -0.2) is 14.4 Å². The van der Waals surface area contributed by atoms with Gasteiger partial charge in [-0.2, -0.15) is 0 Å². The van der Waals surface area contributed by atoms with Crippen LogP contribution in [-0.2, 0) is 10.0 Å². The summed E-state index contributed by atoms with van der Waals surface area (Å²) in [5.74, 6) is 0. The molecule has 0 aliphatic rings. The van der Waals surface area contributed by atoms with Gasteiger partial charge in [0.05, 0.1) is 4.90 Å². The van der Waals surface area contributed by atoms with E-state index in [1.165, 1.54) is 12.1 Å². The molecule has 3 N–H and O–H groups in total. The number of amides is 2. The van der Waals surface area contributed by atoms with Gasteiger partial charge in [-0.25, -0.2) is 13.2 Å². The number of aryl methyl sites for hydroxylation is 1. The number of carbonyl (C=O) groups is 1. The maximum Gasteiger partial charge on any atom is 0.323 e. The molecule has 0 saturated carbocycles. The summed E-state index contributed by atoms with van der Waals surface area (Å²) in [6.45, 7) is 1.76. The molecule has 3 aromatic rings. The summed E-state index contributed by atoms with van der Waals surface area (Å²) < 4.78 is 27.8. The zero-order valence-corrected chi connectivity index (χ0v) is 17.6. The minimum Gasteiger partial charge on any atom is -0.308 e. The quantitative estimate of drug-likeness (QED) is 0.463. The highest BCUT2D eigenvalue weighted by Crippen LogP contribution is 2.23. The molecule has 0 fully saturated rings. The molecule has 0 saturated heterocycles. The molecule has 9 heteroatoms. The highest BCUT2D eigenvalue weighted by molar-refractivity contribution is 7.92. The Morgan fingerprint density at radius 3 is 1.93 bits per heavy atom. The van der Waals surface area contributed by atoms with Crippen LogP contribution >= 0.6 is 23.2 Å². The zero-order chi connectivity index (χ0) is 21.0. The van der Waals surface area contributed by atoms with Crippen LogP contribution in [0.15, 0.2) is 71.6 Å². The average molecular weight is 450 g/mol. The number of hydrogen-bond acceptors (Lipinski definition) is 3. The smallest absolute Gasteiger partial charge is 0.308 e. The van der Waals surface area contributed by atoms with Crippen LogP contribution in [0.3, 0.4) is 0 Å². The largest absolute Gasteiger partial charge is 0.323 e. The molecule has 0 heterocycles. The van der Waals surface area contributed by atoms with Crippen molar-refractivity contribution in [2.24, 2.45) is 0 Å². The van der Waals surface area contributed by atoms with Crippen molar-refractivity contribution >= 4 is 56.3 Å². The second kappa shape index (κ2) is 8.73. The number of hydrogen-bond donors (Lipinski definition) is 3. The monoisotopic (exact) mass is 449 g/mol. The Morgan fingerprint density at radius 1 is 0.793 bits per heavy atom. The lowest BCUT2D eigenvalue weighted by atomic mass is 10.2. The van der Waals surface area contributed by atoms with Crippen molar-refractivity contribution in [1.82, 2.24) is 0 Å². The first-order chi connectivity index (χ1) is 13.7. The Kier molecular flexibility index (Phi) is 6.32. The summed E-state index contributed by atoms with van der Waals surface area (Å²) in [7, 11) is -3.84. The Bertz CT molecular complexity index is 1130. The van der Waals surface area contributed by atoms with Crippen molar-refractivity contribution in [2.45, 2.75) is 11.8 Å². The fraction of sp³-hybridized carbons (Fsp3) is 0.0500. The van der Waals surface area contributed by atoms with Crippen molar-refractivity contribution in [1.29, 1.82) is 0 Å². The molecule has 0 bridgehead atoms. The Hall–Kier alpha value is -2.74. The summed E-state index contributed by atoms with van der Waals surface area (Å²) in [5.41, 5.74) is 2.01. The number of nitrogens with one attached hydrogen (secondary N) is 3. The molecule has 3 aromatic carbocycles. The first-order valence-electron chi connectivity index (χ1n) is 8.45. The van der Waals surface area contributed by atoms with Gasteiger partial charge in [0.15, 0.2) is 0 Å². The molecule has 0 radical (unpaired) electrons. The highest BCUT2D eigenvalue weighted by atomic mass is 35.5. The van der Waals surface area contributed by atoms with Crippen LogP contribution in [0.1, 0.15) is 5.56 Å². The SMILES string of the molecule is Cc1ccc(S(=O)(=O)Nc2ccc(Cl)cc2)cc1NC(=O)Nc1ccc(Cl)cc1. The third-order valence-electron chi connectivity index (χ3n) is 3.97. The third kappa shape index (κ3) is 5.63. The normalized spacial score (nSPS) is 11.0. The average Bonchev–Trinajstić information content (AvgIpc) is 2.67. The fourth-order valence-corrected chi connectivity index (χ4v) is 3.79. The van der Waals surface area contributed by atoms with Gasteiger partial charge in [-0.05, 0) is 73.2 Å². The standard InChI is InChI=1S/C20H17Cl2N3O3S/c1-13-2-11-18(29(27,28)25-17-9-5-15(22)6-10-17)12-19(13)24-20(26)23-16-7-3-14(21)4-8-16/h2-12,25H,1H3,(H2,23,24,26). The maximum atomic E-state index is 12.7. The second-order valence-electron chi connectivity index (χ2n) is 6.18. The molecule has 0 aliphatic heterocycles. The topological polar surface area (TPSA) is 87.3 Å². The van der Waals surface area contributed by atoms with Gasteiger partial charge >= 0.3 is 6.03 Å². The van der Waals surface area contributed by atoms with E-state index >= 15 is 0 Å². The van der Waals surface area contributed by atoms with Gasteiger partial charge in [-0.3, -0.25) is 4.72 Å². The lowest BCUT2D eigenvalue weighted by Crippen LogP contribution is -2.20.